The minimum Gasteiger partial charge on any atom is -0.307 e. The Hall–Kier alpha value is -2.31. The van der Waals surface area contributed by atoms with Gasteiger partial charge >= 0.3 is 0 Å². The molecule has 0 aliphatic carbocycles. The minimum atomic E-state index is -2.66. The molecule has 2 rings (SSSR count). The van der Waals surface area contributed by atoms with Crippen LogP contribution in [0, 0.1) is 5.82 Å². The zero-order chi connectivity index (χ0) is 16.1. The van der Waals surface area contributed by atoms with Crippen molar-refractivity contribution >= 4 is 11.6 Å². The molecule has 2 aromatic rings. The molecule has 22 heavy (non-hydrogen) atoms. The first-order chi connectivity index (χ1) is 10.5. The van der Waals surface area contributed by atoms with E-state index in [0.717, 1.165) is 22.6 Å². The van der Waals surface area contributed by atoms with Gasteiger partial charge in [-0.05, 0) is 36.2 Å². The van der Waals surface area contributed by atoms with Gasteiger partial charge in [0.2, 0.25) is 5.91 Å². The molecule has 0 fully saturated rings. The maximum Gasteiger partial charge on any atom is 0.256 e. The SMILES string of the molecule is Cn1cc(CCC(=O)N(CC(F)F)c2ccc(F)cc2)cn1. The number of anilines is 1. The summed E-state index contributed by atoms with van der Waals surface area (Å²) in [4.78, 5) is 13.2. The van der Waals surface area contributed by atoms with Crippen LogP contribution in [0.3, 0.4) is 0 Å². The Morgan fingerprint density at radius 2 is 2.00 bits per heavy atom. The van der Waals surface area contributed by atoms with Crippen LogP contribution >= 0.6 is 0 Å². The number of hydrogen-bond donors (Lipinski definition) is 0. The van der Waals surface area contributed by atoms with E-state index in [4.69, 9.17) is 0 Å². The van der Waals surface area contributed by atoms with Crippen LogP contribution < -0.4 is 4.90 Å². The standard InChI is InChI=1S/C15H16F3N3O/c1-20-9-11(8-19-20)2-7-15(22)21(10-14(17)18)13-5-3-12(16)4-6-13/h3-6,8-9,14H,2,7,10H2,1H3. The lowest BCUT2D eigenvalue weighted by Gasteiger charge is -2.22. The van der Waals surface area contributed by atoms with Crippen LogP contribution in [0.15, 0.2) is 36.7 Å². The Morgan fingerprint density at radius 1 is 1.32 bits per heavy atom. The molecule has 1 amide bonds. The van der Waals surface area contributed by atoms with Gasteiger partial charge in [0.05, 0.1) is 12.7 Å². The van der Waals surface area contributed by atoms with Gasteiger partial charge in [0, 0.05) is 25.4 Å². The van der Waals surface area contributed by atoms with Crippen LogP contribution in [0.5, 0.6) is 0 Å². The fourth-order valence-electron chi connectivity index (χ4n) is 2.10. The van der Waals surface area contributed by atoms with Gasteiger partial charge in [-0.3, -0.25) is 9.48 Å². The summed E-state index contributed by atoms with van der Waals surface area (Å²) in [7, 11) is 1.76. The highest BCUT2D eigenvalue weighted by Gasteiger charge is 2.20. The molecule has 0 radical (unpaired) electrons. The molecular formula is C15H16F3N3O. The van der Waals surface area contributed by atoms with Gasteiger partial charge in [0.15, 0.2) is 0 Å². The molecule has 0 atom stereocenters. The van der Waals surface area contributed by atoms with E-state index in [1.54, 1.807) is 24.1 Å². The van der Waals surface area contributed by atoms with Crippen LogP contribution in [0.1, 0.15) is 12.0 Å². The van der Waals surface area contributed by atoms with Crippen LogP contribution in [0.25, 0.3) is 0 Å². The van der Waals surface area contributed by atoms with Gasteiger partial charge in [0.25, 0.3) is 6.43 Å². The number of carbonyl (C=O) groups excluding carboxylic acids is 1. The Labute approximate surface area is 126 Å². The average Bonchev–Trinajstić information content (AvgIpc) is 2.89. The molecule has 0 bridgehead atoms. The second-order valence-electron chi connectivity index (χ2n) is 4.89. The lowest BCUT2D eigenvalue weighted by molar-refractivity contribution is -0.119. The second-order valence-corrected chi connectivity index (χ2v) is 4.89. The van der Waals surface area contributed by atoms with Crippen molar-refractivity contribution in [1.29, 1.82) is 0 Å². The number of amides is 1. The summed E-state index contributed by atoms with van der Waals surface area (Å²) in [6.07, 6.45) is 1.22. The zero-order valence-electron chi connectivity index (χ0n) is 12.0. The van der Waals surface area contributed by atoms with Crippen LogP contribution in [-0.2, 0) is 18.3 Å². The summed E-state index contributed by atoms with van der Waals surface area (Å²) >= 11 is 0. The smallest absolute Gasteiger partial charge is 0.256 e. The number of nitrogens with zero attached hydrogens (tertiary/aromatic N) is 3. The first-order valence-corrected chi connectivity index (χ1v) is 6.77. The number of halogens is 3. The Kier molecular flexibility index (Phi) is 5.19. The highest BCUT2D eigenvalue weighted by Crippen LogP contribution is 2.18. The van der Waals surface area contributed by atoms with E-state index in [1.807, 2.05) is 0 Å². The van der Waals surface area contributed by atoms with E-state index in [2.05, 4.69) is 5.10 Å². The fourth-order valence-corrected chi connectivity index (χ4v) is 2.10. The van der Waals surface area contributed by atoms with Crippen molar-refractivity contribution in [3.8, 4) is 0 Å². The molecule has 7 heteroatoms. The van der Waals surface area contributed by atoms with Crippen molar-refractivity contribution in [2.45, 2.75) is 19.3 Å². The van der Waals surface area contributed by atoms with Crippen molar-refractivity contribution in [2.24, 2.45) is 7.05 Å². The van der Waals surface area contributed by atoms with Gasteiger partial charge in [-0.2, -0.15) is 5.10 Å². The second kappa shape index (κ2) is 7.11. The van der Waals surface area contributed by atoms with Crippen molar-refractivity contribution in [3.05, 3.63) is 48.0 Å². The molecule has 0 saturated heterocycles. The third kappa shape index (κ3) is 4.34. The largest absolute Gasteiger partial charge is 0.307 e. The molecule has 1 aromatic carbocycles. The summed E-state index contributed by atoms with van der Waals surface area (Å²) in [6, 6.07) is 4.92. The van der Waals surface area contributed by atoms with Crippen molar-refractivity contribution < 1.29 is 18.0 Å². The molecule has 118 valence electrons. The number of carbonyl (C=O) groups is 1. The lowest BCUT2D eigenvalue weighted by Crippen LogP contribution is -2.35. The van der Waals surface area contributed by atoms with Gasteiger partial charge in [-0.1, -0.05) is 0 Å². The summed E-state index contributed by atoms with van der Waals surface area (Å²) in [5, 5.41) is 3.99. The molecule has 1 aromatic heterocycles. The van der Waals surface area contributed by atoms with Crippen LogP contribution in [0.4, 0.5) is 18.9 Å². The summed E-state index contributed by atoms with van der Waals surface area (Å²) in [5.74, 6) is -0.917. The zero-order valence-corrected chi connectivity index (χ0v) is 12.0. The number of aromatic nitrogens is 2. The highest BCUT2D eigenvalue weighted by atomic mass is 19.3. The normalized spacial score (nSPS) is 11.0. The van der Waals surface area contributed by atoms with E-state index < -0.39 is 24.7 Å². The quantitative estimate of drug-likeness (QED) is 0.823. The van der Waals surface area contributed by atoms with E-state index in [1.165, 1.54) is 12.1 Å². The van der Waals surface area contributed by atoms with E-state index in [0.29, 0.717) is 6.42 Å². The third-order valence-electron chi connectivity index (χ3n) is 3.15. The molecule has 4 nitrogen and oxygen atoms in total. The summed E-state index contributed by atoms with van der Waals surface area (Å²) in [6.45, 7) is -0.711. The van der Waals surface area contributed by atoms with Gasteiger partial charge in [-0.25, -0.2) is 13.2 Å². The number of alkyl halides is 2. The van der Waals surface area contributed by atoms with Gasteiger partial charge < -0.3 is 4.90 Å². The maximum absolute atomic E-state index is 12.9. The Bertz CT molecular complexity index is 625. The molecule has 0 unspecified atom stereocenters. The number of aryl methyl sites for hydroxylation is 2. The molecule has 1 heterocycles. The molecular weight excluding hydrogens is 295 g/mol. The molecule has 0 aliphatic rings. The molecule has 0 spiro atoms. The van der Waals surface area contributed by atoms with Crippen molar-refractivity contribution in [3.63, 3.8) is 0 Å². The number of rotatable bonds is 6. The van der Waals surface area contributed by atoms with Gasteiger partial charge in [-0.15, -0.1) is 0 Å². The lowest BCUT2D eigenvalue weighted by atomic mass is 10.1. The van der Waals surface area contributed by atoms with Crippen molar-refractivity contribution in [1.82, 2.24) is 9.78 Å². The van der Waals surface area contributed by atoms with E-state index in [9.17, 15) is 18.0 Å². The maximum atomic E-state index is 12.9. The molecule has 0 saturated carbocycles. The predicted octanol–water partition coefficient (Wildman–Crippen LogP) is 2.79. The summed E-state index contributed by atoms with van der Waals surface area (Å²) < 4.78 is 39.9. The fraction of sp³-hybridized carbons (Fsp3) is 0.333. The molecule has 0 aliphatic heterocycles. The van der Waals surface area contributed by atoms with Crippen molar-refractivity contribution in [2.75, 3.05) is 11.4 Å². The Morgan fingerprint density at radius 3 is 2.55 bits per heavy atom. The number of hydrogen-bond acceptors (Lipinski definition) is 2. The first-order valence-electron chi connectivity index (χ1n) is 6.77. The van der Waals surface area contributed by atoms with E-state index >= 15 is 0 Å². The topological polar surface area (TPSA) is 38.1 Å². The number of benzene rings is 1. The monoisotopic (exact) mass is 311 g/mol. The Balaban J connectivity index is 2.07. The van der Waals surface area contributed by atoms with Crippen LogP contribution in [-0.4, -0.2) is 28.7 Å². The molecule has 0 N–H and O–H groups in total. The minimum absolute atomic E-state index is 0.0792. The predicted molar refractivity (Wildman–Crippen MR) is 76.3 cm³/mol. The average molecular weight is 311 g/mol. The van der Waals surface area contributed by atoms with E-state index in [-0.39, 0.29) is 12.1 Å². The first kappa shape index (κ1) is 16.1. The highest BCUT2D eigenvalue weighted by molar-refractivity contribution is 5.93. The van der Waals surface area contributed by atoms with Crippen LogP contribution in [0.2, 0.25) is 0 Å². The van der Waals surface area contributed by atoms with Gasteiger partial charge in [0.1, 0.15) is 5.82 Å². The summed E-state index contributed by atoms with van der Waals surface area (Å²) in [5.41, 5.74) is 1.12. The third-order valence-corrected chi connectivity index (χ3v) is 3.15.